The molecular weight excluding hydrogens is 438 g/mol. The smallest absolute Gasteiger partial charge is 0.378 e. The van der Waals surface area contributed by atoms with Crippen LogP contribution in [0.1, 0.15) is 11.1 Å². The molecule has 0 bridgehead atoms. The summed E-state index contributed by atoms with van der Waals surface area (Å²) in [6, 6.07) is 7.07. The van der Waals surface area contributed by atoms with Crippen LogP contribution >= 0.6 is 24.0 Å². The molecule has 1 fully saturated rings. The van der Waals surface area contributed by atoms with Gasteiger partial charge < -0.3 is 20.1 Å². The molecule has 136 valence electrons. The lowest BCUT2D eigenvalue weighted by Gasteiger charge is -2.27. The zero-order valence-corrected chi connectivity index (χ0v) is 15.4. The largest absolute Gasteiger partial charge is 0.411 e. The van der Waals surface area contributed by atoms with Gasteiger partial charge in [0.2, 0.25) is 0 Å². The predicted octanol–water partition coefficient (Wildman–Crippen LogP) is 2.53. The first-order valence-corrected chi connectivity index (χ1v) is 7.29. The first-order chi connectivity index (χ1) is 10.9. The Kier molecular flexibility index (Phi) is 8.78. The topological polar surface area (TPSA) is 60.1 Å². The van der Waals surface area contributed by atoms with Crippen molar-refractivity contribution in [1.29, 1.82) is 0 Å². The predicted molar refractivity (Wildman–Crippen MR) is 95.3 cm³/mol. The molecule has 0 radical (unpaired) electrons. The molecular formula is C15H21F3IN3O2. The van der Waals surface area contributed by atoms with Gasteiger partial charge >= 0.3 is 6.18 Å². The minimum absolute atomic E-state index is 0. The van der Waals surface area contributed by atoms with Gasteiger partial charge in [-0.05, 0) is 11.1 Å². The third-order valence-corrected chi connectivity index (χ3v) is 3.32. The first kappa shape index (κ1) is 21.0. The Hall–Kier alpha value is -1.07. The maximum atomic E-state index is 12.0. The van der Waals surface area contributed by atoms with Gasteiger partial charge in [0.1, 0.15) is 6.61 Å². The summed E-state index contributed by atoms with van der Waals surface area (Å²) in [6.45, 7) is 1.85. The minimum Gasteiger partial charge on any atom is -0.378 e. The fraction of sp³-hybridized carbons (Fsp3) is 0.533. The van der Waals surface area contributed by atoms with Gasteiger partial charge in [-0.1, -0.05) is 24.3 Å². The van der Waals surface area contributed by atoms with E-state index in [4.69, 9.17) is 10.5 Å². The van der Waals surface area contributed by atoms with Crippen LogP contribution in [0.2, 0.25) is 0 Å². The van der Waals surface area contributed by atoms with Gasteiger partial charge in [0.15, 0.2) is 5.96 Å². The van der Waals surface area contributed by atoms with Crippen molar-refractivity contribution in [3.63, 3.8) is 0 Å². The average Bonchev–Trinajstić information content (AvgIpc) is 2.53. The lowest BCUT2D eigenvalue weighted by molar-refractivity contribution is -0.176. The molecule has 0 saturated carbocycles. The molecule has 1 aliphatic rings. The molecule has 5 nitrogen and oxygen atoms in total. The molecule has 0 amide bonds. The number of hydrogen-bond acceptors (Lipinski definition) is 3. The molecule has 9 heteroatoms. The number of hydrogen-bond donors (Lipinski definition) is 1. The summed E-state index contributed by atoms with van der Waals surface area (Å²) >= 11 is 0. The van der Waals surface area contributed by atoms with Gasteiger partial charge in [-0.2, -0.15) is 13.2 Å². The van der Waals surface area contributed by atoms with Crippen LogP contribution in [-0.2, 0) is 22.6 Å². The monoisotopic (exact) mass is 459 g/mol. The number of ether oxygens (including phenoxy) is 2. The fourth-order valence-corrected chi connectivity index (χ4v) is 2.09. The highest BCUT2D eigenvalue weighted by Gasteiger charge is 2.27. The molecule has 0 spiro atoms. The number of nitrogens with two attached hydrogens (primary N) is 1. The number of halogens is 4. The van der Waals surface area contributed by atoms with Crippen LogP contribution in [0.5, 0.6) is 0 Å². The Morgan fingerprint density at radius 2 is 1.75 bits per heavy atom. The van der Waals surface area contributed by atoms with Gasteiger partial charge in [-0.15, -0.1) is 24.0 Å². The van der Waals surface area contributed by atoms with Crippen LogP contribution in [0.25, 0.3) is 0 Å². The second-order valence-corrected chi connectivity index (χ2v) is 5.20. The molecule has 2 rings (SSSR count). The molecule has 2 N–H and O–H groups in total. The quantitative estimate of drug-likeness (QED) is 0.418. The number of benzene rings is 1. The number of alkyl halides is 3. The van der Waals surface area contributed by atoms with Crippen LogP contribution < -0.4 is 5.73 Å². The SMILES string of the molecule is I.NC(=NCc1ccc(COCC(F)(F)F)cc1)N1CCOCC1. The molecule has 0 unspecified atom stereocenters. The zero-order valence-electron chi connectivity index (χ0n) is 13.1. The Morgan fingerprint density at radius 3 is 2.33 bits per heavy atom. The minimum atomic E-state index is -4.30. The lowest BCUT2D eigenvalue weighted by atomic mass is 10.1. The molecule has 0 aromatic heterocycles. The van der Waals surface area contributed by atoms with Gasteiger partial charge in [-0.25, -0.2) is 4.99 Å². The molecule has 1 heterocycles. The summed E-state index contributed by atoms with van der Waals surface area (Å²) in [7, 11) is 0. The number of nitrogens with zero attached hydrogens (tertiary/aromatic N) is 2. The highest BCUT2D eigenvalue weighted by Crippen LogP contribution is 2.16. The van der Waals surface area contributed by atoms with Crippen LogP contribution in [0.4, 0.5) is 13.2 Å². The van der Waals surface area contributed by atoms with E-state index in [2.05, 4.69) is 9.73 Å². The summed E-state index contributed by atoms with van der Waals surface area (Å²) < 4.78 is 45.8. The molecule has 24 heavy (non-hydrogen) atoms. The summed E-state index contributed by atoms with van der Waals surface area (Å²) in [6.07, 6.45) is -4.30. The second kappa shape index (κ2) is 10.0. The van der Waals surface area contributed by atoms with Gasteiger partial charge in [0.05, 0.1) is 26.4 Å². The van der Waals surface area contributed by atoms with Crippen molar-refractivity contribution in [2.75, 3.05) is 32.9 Å². The van der Waals surface area contributed by atoms with Gasteiger partial charge in [0.25, 0.3) is 0 Å². The maximum Gasteiger partial charge on any atom is 0.411 e. The van der Waals surface area contributed by atoms with E-state index in [0.29, 0.717) is 31.3 Å². The molecule has 0 aliphatic carbocycles. The fourth-order valence-electron chi connectivity index (χ4n) is 2.09. The van der Waals surface area contributed by atoms with E-state index in [1.54, 1.807) is 12.1 Å². The van der Waals surface area contributed by atoms with E-state index in [-0.39, 0.29) is 30.6 Å². The lowest BCUT2D eigenvalue weighted by Crippen LogP contribution is -2.44. The standard InChI is InChI=1S/C15H20F3N3O2.HI/c16-15(17,18)11-23-10-13-3-1-12(2-4-13)9-20-14(19)21-5-7-22-8-6-21;/h1-4H,5-11H2,(H2,19,20);1H. The van der Waals surface area contributed by atoms with Crippen LogP contribution in [0.15, 0.2) is 29.3 Å². The normalized spacial score (nSPS) is 16.0. The number of aliphatic imine (C=N–C) groups is 1. The summed E-state index contributed by atoms with van der Waals surface area (Å²) in [5, 5.41) is 0. The number of guanidine groups is 1. The van der Waals surface area contributed by atoms with Crippen molar-refractivity contribution >= 4 is 29.9 Å². The molecule has 1 aromatic carbocycles. The van der Waals surface area contributed by atoms with Crippen molar-refractivity contribution in [1.82, 2.24) is 4.90 Å². The van der Waals surface area contributed by atoms with E-state index in [1.165, 1.54) is 0 Å². The summed E-state index contributed by atoms with van der Waals surface area (Å²) in [5.41, 5.74) is 7.54. The van der Waals surface area contributed by atoms with E-state index in [1.807, 2.05) is 17.0 Å². The molecule has 1 saturated heterocycles. The molecule has 1 aliphatic heterocycles. The molecule has 0 atom stereocenters. The summed E-state index contributed by atoms with van der Waals surface area (Å²) in [5.74, 6) is 0.478. The van der Waals surface area contributed by atoms with Crippen LogP contribution in [-0.4, -0.2) is 49.9 Å². The van der Waals surface area contributed by atoms with E-state index < -0.39 is 12.8 Å². The first-order valence-electron chi connectivity index (χ1n) is 7.29. The number of rotatable bonds is 5. The van der Waals surface area contributed by atoms with Gasteiger partial charge in [0, 0.05) is 13.1 Å². The third kappa shape index (κ3) is 7.67. The van der Waals surface area contributed by atoms with Crippen molar-refractivity contribution in [2.24, 2.45) is 10.7 Å². The van der Waals surface area contributed by atoms with Crippen LogP contribution in [0.3, 0.4) is 0 Å². The Bertz CT molecular complexity index is 518. The maximum absolute atomic E-state index is 12.0. The van der Waals surface area contributed by atoms with E-state index in [9.17, 15) is 13.2 Å². The van der Waals surface area contributed by atoms with Crippen molar-refractivity contribution in [3.05, 3.63) is 35.4 Å². The summed E-state index contributed by atoms with van der Waals surface area (Å²) in [4.78, 5) is 6.29. The number of morpholine rings is 1. The average molecular weight is 459 g/mol. The van der Waals surface area contributed by atoms with Crippen molar-refractivity contribution in [2.45, 2.75) is 19.3 Å². The third-order valence-electron chi connectivity index (χ3n) is 3.32. The second-order valence-electron chi connectivity index (χ2n) is 5.20. The molecule has 1 aromatic rings. The Morgan fingerprint density at radius 1 is 1.17 bits per heavy atom. The zero-order chi connectivity index (χ0) is 16.7. The Labute approximate surface area is 156 Å². The van der Waals surface area contributed by atoms with E-state index >= 15 is 0 Å². The van der Waals surface area contributed by atoms with Crippen LogP contribution in [0, 0.1) is 0 Å². The highest BCUT2D eigenvalue weighted by molar-refractivity contribution is 14.0. The van der Waals surface area contributed by atoms with Gasteiger partial charge in [-0.3, -0.25) is 0 Å². The van der Waals surface area contributed by atoms with Crippen molar-refractivity contribution in [3.8, 4) is 0 Å². The van der Waals surface area contributed by atoms with E-state index in [0.717, 1.165) is 18.7 Å². The Balaban J connectivity index is 0.00000288. The highest BCUT2D eigenvalue weighted by atomic mass is 127. The van der Waals surface area contributed by atoms with Crippen molar-refractivity contribution < 1.29 is 22.6 Å².